The van der Waals surface area contributed by atoms with E-state index in [1.807, 2.05) is 6.92 Å². The molecule has 0 radical (unpaired) electrons. The van der Waals surface area contributed by atoms with Crippen LogP contribution >= 0.6 is 0 Å². The van der Waals surface area contributed by atoms with Crippen LogP contribution in [0.1, 0.15) is 33.6 Å². The first-order chi connectivity index (χ1) is 9.21. The first-order valence-electron chi connectivity index (χ1n) is 6.60. The summed E-state index contributed by atoms with van der Waals surface area (Å²) in [6, 6.07) is 1.67. The zero-order chi connectivity index (χ0) is 15.1. The van der Waals surface area contributed by atoms with Crippen LogP contribution in [-0.4, -0.2) is 11.0 Å². The van der Waals surface area contributed by atoms with Crippen molar-refractivity contribution in [3.05, 3.63) is 33.9 Å². The number of hydrogen-bond acceptors (Lipinski definition) is 3. The fourth-order valence-electron chi connectivity index (χ4n) is 3.10. The number of benzene rings is 1. The van der Waals surface area contributed by atoms with Crippen molar-refractivity contribution in [3.8, 4) is 0 Å². The number of nitro benzene ring substituents is 1. The molecule has 0 spiro atoms. The van der Waals surface area contributed by atoms with Gasteiger partial charge in [-0.25, -0.2) is 8.78 Å². The first-order valence-corrected chi connectivity index (χ1v) is 6.60. The van der Waals surface area contributed by atoms with Crippen LogP contribution in [0.3, 0.4) is 0 Å². The lowest BCUT2D eigenvalue weighted by Gasteiger charge is -2.20. The zero-order valence-corrected chi connectivity index (χ0v) is 11.7. The second-order valence-corrected chi connectivity index (χ2v) is 6.31. The minimum Gasteiger partial charge on any atom is -0.374 e. The summed E-state index contributed by atoms with van der Waals surface area (Å²) in [6.45, 7) is 6.21. The van der Waals surface area contributed by atoms with E-state index in [0.717, 1.165) is 25.0 Å². The van der Waals surface area contributed by atoms with Crippen molar-refractivity contribution in [2.24, 2.45) is 11.3 Å². The first kappa shape index (κ1) is 14.7. The maximum absolute atomic E-state index is 13.9. The Kier molecular flexibility index (Phi) is 3.67. The normalized spacial score (nSPS) is 24.6. The molecule has 1 saturated carbocycles. The molecule has 0 amide bonds. The Balaban J connectivity index is 2.34. The van der Waals surface area contributed by atoms with Crippen LogP contribution in [0.25, 0.3) is 0 Å². The SMILES string of the molecule is CC1CC(C)(C)CC1Nc1c([N+](=O)[O-])ccc(F)c1F. The topological polar surface area (TPSA) is 55.2 Å². The number of nitrogens with zero attached hydrogens (tertiary/aromatic N) is 1. The lowest BCUT2D eigenvalue weighted by molar-refractivity contribution is -0.384. The summed E-state index contributed by atoms with van der Waals surface area (Å²) in [7, 11) is 0. The summed E-state index contributed by atoms with van der Waals surface area (Å²) >= 11 is 0. The predicted molar refractivity (Wildman–Crippen MR) is 72.6 cm³/mol. The van der Waals surface area contributed by atoms with E-state index in [1.54, 1.807) is 0 Å². The predicted octanol–water partition coefficient (Wildman–Crippen LogP) is 4.11. The van der Waals surface area contributed by atoms with Gasteiger partial charge in [-0.2, -0.15) is 0 Å². The third-order valence-electron chi connectivity index (χ3n) is 3.93. The standard InChI is InChI=1S/C14H18F2N2O2/c1-8-6-14(2,3)7-10(8)17-13-11(18(19)20)5-4-9(15)12(13)16/h4-5,8,10,17H,6-7H2,1-3H3. The van der Waals surface area contributed by atoms with Crippen molar-refractivity contribution in [2.75, 3.05) is 5.32 Å². The Bertz CT molecular complexity index is 546. The van der Waals surface area contributed by atoms with Gasteiger partial charge in [0.25, 0.3) is 5.69 Å². The summed E-state index contributed by atoms with van der Waals surface area (Å²) in [6.07, 6.45) is 1.71. The average Bonchev–Trinajstić information content (AvgIpc) is 2.58. The fraction of sp³-hybridized carbons (Fsp3) is 0.571. The maximum atomic E-state index is 13.9. The van der Waals surface area contributed by atoms with Crippen LogP contribution < -0.4 is 5.32 Å². The van der Waals surface area contributed by atoms with E-state index in [4.69, 9.17) is 0 Å². The Labute approximate surface area is 116 Å². The molecule has 6 heteroatoms. The van der Waals surface area contributed by atoms with E-state index in [1.165, 1.54) is 0 Å². The monoisotopic (exact) mass is 284 g/mol. The lowest BCUT2D eigenvalue weighted by atomic mass is 9.91. The number of nitro groups is 1. The minimum absolute atomic E-state index is 0.0929. The minimum atomic E-state index is -1.18. The smallest absolute Gasteiger partial charge is 0.295 e. The van der Waals surface area contributed by atoms with Gasteiger partial charge in [-0.15, -0.1) is 0 Å². The molecular weight excluding hydrogens is 266 g/mol. The molecule has 1 aliphatic carbocycles. The largest absolute Gasteiger partial charge is 0.374 e. The van der Waals surface area contributed by atoms with E-state index in [2.05, 4.69) is 19.2 Å². The second kappa shape index (κ2) is 5.00. The third-order valence-corrected chi connectivity index (χ3v) is 3.93. The van der Waals surface area contributed by atoms with Gasteiger partial charge in [-0.05, 0) is 30.2 Å². The molecule has 1 fully saturated rings. The Hall–Kier alpha value is -1.72. The van der Waals surface area contributed by atoms with Crippen molar-refractivity contribution in [1.82, 2.24) is 0 Å². The molecule has 1 aromatic carbocycles. The van der Waals surface area contributed by atoms with Crippen LogP contribution in [-0.2, 0) is 0 Å². The summed E-state index contributed by atoms with van der Waals surface area (Å²) in [4.78, 5) is 10.2. The van der Waals surface area contributed by atoms with Crippen molar-refractivity contribution in [1.29, 1.82) is 0 Å². The number of anilines is 1. The Morgan fingerprint density at radius 1 is 1.35 bits per heavy atom. The van der Waals surface area contributed by atoms with Gasteiger partial charge in [0, 0.05) is 12.1 Å². The summed E-state index contributed by atoms with van der Waals surface area (Å²) < 4.78 is 27.2. The van der Waals surface area contributed by atoms with Crippen LogP contribution in [0.5, 0.6) is 0 Å². The molecule has 2 unspecified atom stereocenters. The quantitative estimate of drug-likeness (QED) is 0.671. The van der Waals surface area contributed by atoms with E-state index in [0.29, 0.717) is 0 Å². The number of hydrogen-bond donors (Lipinski definition) is 1. The zero-order valence-electron chi connectivity index (χ0n) is 11.7. The van der Waals surface area contributed by atoms with Crippen molar-refractivity contribution in [3.63, 3.8) is 0 Å². The number of rotatable bonds is 3. The van der Waals surface area contributed by atoms with Gasteiger partial charge in [0.15, 0.2) is 17.3 Å². The summed E-state index contributed by atoms with van der Waals surface area (Å²) in [5.41, 5.74) is -0.680. The summed E-state index contributed by atoms with van der Waals surface area (Å²) in [5, 5.41) is 13.8. The highest BCUT2D eigenvalue weighted by molar-refractivity contribution is 5.63. The average molecular weight is 284 g/mol. The molecule has 0 aromatic heterocycles. The van der Waals surface area contributed by atoms with E-state index >= 15 is 0 Å². The molecule has 1 aliphatic rings. The third kappa shape index (κ3) is 2.73. The molecule has 0 bridgehead atoms. The van der Waals surface area contributed by atoms with Gasteiger partial charge < -0.3 is 5.32 Å². The van der Waals surface area contributed by atoms with Crippen LogP contribution in [0.4, 0.5) is 20.2 Å². The van der Waals surface area contributed by atoms with Crippen LogP contribution in [0.2, 0.25) is 0 Å². The maximum Gasteiger partial charge on any atom is 0.295 e. The second-order valence-electron chi connectivity index (χ2n) is 6.31. The van der Waals surface area contributed by atoms with Gasteiger partial charge in [0.1, 0.15) is 0 Å². The number of nitrogens with one attached hydrogen (secondary N) is 1. The molecule has 2 atom stereocenters. The van der Waals surface area contributed by atoms with Gasteiger partial charge in [-0.3, -0.25) is 10.1 Å². The molecule has 1 N–H and O–H groups in total. The molecule has 0 aliphatic heterocycles. The van der Waals surface area contributed by atoms with Gasteiger partial charge in [0.2, 0.25) is 0 Å². The Morgan fingerprint density at radius 3 is 2.50 bits per heavy atom. The van der Waals surface area contributed by atoms with Gasteiger partial charge >= 0.3 is 0 Å². The van der Waals surface area contributed by atoms with Gasteiger partial charge in [-0.1, -0.05) is 20.8 Å². The van der Waals surface area contributed by atoms with Crippen LogP contribution in [0, 0.1) is 33.1 Å². The molecule has 0 saturated heterocycles. The number of halogens is 2. The molecule has 110 valence electrons. The molecule has 0 heterocycles. The molecule has 2 rings (SSSR count). The van der Waals surface area contributed by atoms with E-state index < -0.39 is 22.2 Å². The Morgan fingerprint density at radius 2 is 2.00 bits per heavy atom. The highest BCUT2D eigenvalue weighted by Crippen LogP contribution is 2.43. The highest BCUT2D eigenvalue weighted by Gasteiger charge is 2.38. The highest BCUT2D eigenvalue weighted by atomic mass is 19.2. The lowest BCUT2D eigenvalue weighted by Crippen LogP contribution is -2.24. The van der Waals surface area contributed by atoms with Crippen molar-refractivity contribution in [2.45, 2.75) is 39.7 Å². The van der Waals surface area contributed by atoms with Crippen molar-refractivity contribution < 1.29 is 13.7 Å². The molecule has 1 aromatic rings. The fourth-order valence-corrected chi connectivity index (χ4v) is 3.10. The molecule has 20 heavy (non-hydrogen) atoms. The van der Waals surface area contributed by atoms with Crippen LogP contribution in [0.15, 0.2) is 12.1 Å². The molecule has 4 nitrogen and oxygen atoms in total. The van der Waals surface area contributed by atoms with Crippen molar-refractivity contribution >= 4 is 11.4 Å². The molecular formula is C14H18F2N2O2. The van der Waals surface area contributed by atoms with E-state index in [-0.39, 0.29) is 23.1 Å². The van der Waals surface area contributed by atoms with Gasteiger partial charge in [0.05, 0.1) is 4.92 Å². The summed E-state index contributed by atoms with van der Waals surface area (Å²) in [5.74, 6) is -2.02. The van der Waals surface area contributed by atoms with E-state index in [9.17, 15) is 18.9 Å².